The van der Waals surface area contributed by atoms with Gasteiger partial charge in [0, 0.05) is 20.8 Å². The molecule has 27 heavy (non-hydrogen) atoms. The highest BCUT2D eigenvalue weighted by Crippen LogP contribution is 2.25. The SMILES string of the molecule is C#CC[N+](C)(C)CCOC1OC[C@@H](OC(C)=O)[C@H](OC(C)=O)[C@H]1OC(C)=O. The van der Waals surface area contributed by atoms with Crippen molar-refractivity contribution in [2.45, 2.75) is 45.4 Å². The predicted octanol–water partition coefficient (Wildman–Crippen LogP) is -0.136. The van der Waals surface area contributed by atoms with E-state index in [2.05, 4.69) is 5.92 Å². The van der Waals surface area contributed by atoms with Crippen LogP contribution in [-0.2, 0) is 38.1 Å². The molecule has 1 rings (SSSR count). The second-order valence-corrected chi connectivity index (χ2v) is 6.89. The Morgan fingerprint density at radius 3 is 2.11 bits per heavy atom. The van der Waals surface area contributed by atoms with E-state index in [1.807, 2.05) is 14.1 Å². The number of terminal acetylenes is 1. The first-order valence-electron chi connectivity index (χ1n) is 8.56. The van der Waals surface area contributed by atoms with Crippen LogP contribution in [0.1, 0.15) is 20.8 Å². The number of nitrogens with zero attached hydrogens (tertiary/aromatic N) is 1. The van der Waals surface area contributed by atoms with Gasteiger partial charge in [-0.2, -0.15) is 0 Å². The highest BCUT2D eigenvalue weighted by molar-refractivity contribution is 5.68. The van der Waals surface area contributed by atoms with Gasteiger partial charge < -0.3 is 28.2 Å². The molecular weight excluding hydrogens is 358 g/mol. The Hall–Kier alpha value is -2.15. The van der Waals surface area contributed by atoms with Crippen molar-refractivity contribution in [1.29, 1.82) is 0 Å². The Morgan fingerprint density at radius 1 is 1.04 bits per heavy atom. The molecule has 0 radical (unpaired) electrons. The molecule has 0 bridgehead atoms. The normalized spacial score (nSPS) is 25.2. The number of carbonyl (C=O) groups excluding carboxylic acids is 3. The molecule has 0 saturated carbocycles. The first kappa shape index (κ1) is 22.9. The summed E-state index contributed by atoms with van der Waals surface area (Å²) in [6, 6.07) is 0. The zero-order valence-corrected chi connectivity index (χ0v) is 16.4. The van der Waals surface area contributed by atoms with E-state index in [-0.39, 0.29) is 13.2 Å². The average molecular weight is 386 g/mol. The van der Waals surface area contributed by atoms with Crippen molar-refractivity contribution in [3.63, 3.8) is 0 Å². The molecule has 0 amide bonds. The smallest absolute Gasteiger partial charge is 0.303 e. The van der Waals surface area contributed by atoms with Gasteiger partial charge in [0.05, 0.1) is 27.3 Å². The quantitative estimate of drug-likeness (QED) is 0.246. The summed E-state index contributed by atoms with van der Waals surface area (Å²) in [5.74, 6) is 0.801. The Balaban J connectivity index is 2.89. The largest absolute Gasteiger partial charge is 0.456 e. The molecule has 1 aliphatic rings. The van der Waals surface area contributed by atoms with E-state index < -0.39 is 42.5 Å². The lowest BCUT2D eigenvalue weighted by atomic mass is 10.0. The molecule has 1 unspecified atom stereocenters. The van der Waals surface area contributed by atoms with Crippen molar-refractivity contribution < 1.29 is 42.6 Å². The van der Waals surface area contributed by atoms with Gasteiger partial charge in [-0.25, -0.2) is 0 Å². The number of hydrogen-bond donors (Lipinski definition) is 0. The fourth-order valence-electron chi connectivity index (χ4n) is 2.59. The maximum atomic E-state index is 11.5. The third-order valence-corrected chi connectivity index (χ3v) is 3.80. The van der Waals surface area contributed by atoms with Crippen LogP contribution < -0.4 is 0 Å². The predicted molar refractivity (Wildman–Crippen MR) is 93.0 cm³/mol. The number of rotatable bonds is 8. The van der Waals surface area contributed by atoms with E-state index in [1.165, 1.54) is 20.8 Å². The Morgan fingerprint density at radius 2 is 1.59 bits per heavy atom. The van der Waals surface area contributed by atoms with Gasteiger partial charge in [0.1, 0.15) is 13.1 Å². The molecule has 9 heteroatoms. The van der Waals surface area contributed by atoms with Crippen LogP contribution >= 0.6 is 0 Å². The van der Waals surface area contributed by atoms with Gasteiger partial charge in [-0.3, -0.25) is 14.4 Å². The van der Waals surface area contributed by atoms with Gasteiger partial charge in [0.15, 0.2) is 24.6 Å². The summed E-state index contributed by atoms with van der Waals surface area (Å²) in [6.45, 7) is 4.95. The van der Waals surface area contributed by atoms with Gasteiger partial charge >= 0.3 is 17.9 Å². The van der Waals surface area contributed by atoms with Crippen molar-refractivity contribution in [3.05, 3.63) is 0 Å². The Labute approximate surface area is 159 Å². The van der Waals surface area contributed by atoms with Crippen molar-refractivity contribution in [1.82, 2.24) is 0 Å². The summed E-state index contributed by atoms with van der Waals surface area (Å²) < 4.78 is 27.5. The van der Waals surface area contributed by atoms with Gasteiger partial charge in [0.2, 0.25) is 0 Å². The van der Waals surface area contributed by atoms with Crippen LogP contribution in [-0.4, -0.2) is 87.4 Å². The number of carbonyl (C=O) groups is 3. The van der Waals surface area contributed by atoms with Gasteiger partial charge in [-0.05, 0) is 5.92 Å². The van der Waals surface area contributed by atoms with E-state index in [4.69, 9.17) is 30.1 Å². The number of quaternary nitrogens is 1. The van der Waals surface area contributed by atoms with Gasteiger partial charge in [-0.15, -0.1) is 6.42 Å². The third kappa shape index (κ3) is 7.95. The highest BCUT2D eigenvalue weighted by atomic mass is 16.7. The van der Waals surface area contributed by atoms with E-state index in [0.717, 1.165) is 0 Å². The van der Waals surface area contributed by atoms with E-state index in [1.54, 1.807) is 0 Å². The summed E-state index contributed by atoms with van der Waals surface area (Å²) in [4.78, 5) is 34.3. The van der Waals surface area contributed by atoms with Crippen molar-refractivity contribution in [2.75, 3.05) is 40.4 Å². The molecule has 1 fully saturated rings. The fraction of sp³-hybridized carbons (Fsp3) is 0.722. The highest BCUT2D eigenvalue weighted by Gasteiger charge is 2.47. The lowest BCUT2D eigenvalue weighted by Gasteiger charge is -2.40. The van der Waals surface area contributed by atoms with Crippen molar-refractivity contribution in [3.8, 4) is 12.3 Å². The molecule has 0 aliphatic carbocycles. The topological polar surface area (TPSA) is 97.4 Å². The molecule has 1 heterocycles. The Bertz CT molecular complexity index is 582. The molecule has 0 aromatic rings. The molecule has 0 spiro atoms. The lowest BCUT2D eigenvalue weighted by Crippen LogP contribution is -2.58. The molecule has 0 aromatic carbocycles. The minimum Gasteiger partial charge on any atom is -0.456 e. The fourth-order valence-corrected chi connectivity index (χ4v) is 2.59. The van der Waals surface area contributed by atoms with E-state index in [0.29, 0.717) is 17.6 Å². The van der Waals surface area contributed by atoms with E-state index in [9.17, 15) is 14.4 Å². The molecular formula is C18H28NO8+. The third-order valence-electron chi connectivity index (χ3n) is 3.80. The van der Waals surface area contributed by atoms with Crippen LogP contribution in [0.3, 0.4) is 0 Å². The first-order chi connectivity index (χ1) is 12.6. The van der Waals surface area contributed by atoms with Crippen molar-refractivity contribution >= 4 is 17.9 Å². The van der Waals surface area contributed by atoms with Crippen LogP contribution in [0.25, 0.3) is 0 Å². The van der Waals surface area contributed by atoms with E-state index >= 15 is 0 Å². The maximum absolute atomic E-state index is 11.5. The monoisotopic (exact) mass is 386 g/mol. The molecule has 4 atom stereocenters. The zero-order valence-electron chi connectivity index (χ0n) is 16.4. The Kier molecular flexibility index (Phi) is 8.69. The minimum atomic E-state index is -1.08. The van der Waals surface area contributed by atoms with Crippen LogP contribution in [0, 0.1) is 12.3 Å². The van der Waals surface area contributed by atoms with Crippen LogP contribution in [0.5, 0.6) is 0 Å². The van der Waals surface area contributed by atoms with Gasteiger partial charge in [-0.1, -0.05) is 0 Å². The summed E-state index contributed by atoms with van der Waals surface area (Å²) in [5.41, 5.74) is 0. The molecule has 1 saturated heterocycles. The number of likely N-dealkylation sites (N-methyl/N-ethyl adjacent to an activating group) is 1. The number of esters is 3. The second kappa shape index (κ2) is 10.3. The van der Waals surface area contributed by atoms with Crippen molar-refractivity contribution in [2.24, 2.45) is 0 Å². The minimum absolute atomic E-state index is 0.0669. The zero-order chi connectivity index (χ0) is 20.6. The van der Waals surface area contributed by atoms with Crippen LogP contribution in [0.15, 0.2) is 0 Å². The second-order valence-electron chi connectivity index (χ2n) is 6.89. The molecule has 0 aromatic heterocycles. The maximum Gasteiger partial charge on any atom is 0.303 e. The molecule has 1 aliphatic heterocycles. The summed E-state index contributed by atoms with van der Waals surface area (Å²) in [6.07, 6.45) is 1.34. The molecule has 9 nitrogen and oxygen atoms in total. The van der Waals surface area contributed by atoms with Gasteiger partial charge in [0.25, 0.3) is 0 Å². The first-order valence-corrected chi connectivity index (χ1v) is 8.56. The molecule has 0 N–H and O–H groups in total. The van der Waals surface area contributed by atoms with Crippen LogP contribution in [0.2, 0.25) is 0 Å². The number of hydrogen-bond acceptors (Lipinski definition) is 8. The van der Waals surface area contributed by atoms with Crippen LogP contribution in [0.4, 0.5) is 0 Å². The standard InChI is InChI=1S/C18H28NO8/c1-7-8-19(5,6)9-10-23-18-17(27-14(4)22)16(26-13(3)21)15(11-24-18)25-12(2)20/h1,15-18H,8-11H2,2-6H3/q+1/t15-,16+,17-,18?/m1/s1. The summed E-state index contributed by atoms with van der Waals surface area (Å²) >= 11 is 0. The summed E-state index contributed by atoms with van der Waals surface area (Å²) in [5, 5.41) is 0. The summed E-state index contributed by atoms with van der Waals surface area (Å²) in [7, 11) is 3.90. The number of ether oxygens (including phenoxy) is 5. The lowest BCUT2D eigenvalue weighted by molar-refractivity contribution is -0.883. The average Bonchev–Trinajstić information content (AvgIpc) is 2.50. The molecule has 152 valence electrons.